The van der Waals surface area contributed by atoms with Crippen molar-refractivity contribution in [2.24, 2.45) is 5.73 Å². The molecule has 0 bridgehead atoms. The molecule has 172 valence electrons. The van der Waals surface area contributed by atoms with E-state index >= 15 is 0 Å². The lowest BCUT2D eigenvalue weighted by Crippen LogP contribution is -2.24. The van der Waals surface area contributed by atoms with Crippen LogP contribution < -0.4 is 15.8 Å². The van der Waals surface area contributed by atoms with Crippen LogP contribution in [0.15, 0.2) is 60.3 Å². The first-order valence-electron chi connectivity index (χ1n) is 10.6. The fraction of sp³-hybridized carbons (Fsp3) is 0.240. The number of nitrogens with one attached hydrogen (secondary N) is 2. The van der Waals surface area contributed by atoms with Gasteiger partial charge in [0.25, 0.3) is 5.91 Å². The Labute approximate surface area is 191 Å². The summed E-state index contributed by atoms with van der Waals surface area (Å²) in [6.45, 7) is 1.24. The van der Waals surface area contributed by atoms with E-state index in [0.717, 1.165) is 17.2 Å². The molecule has 2 aromatic carbocycles. The number of carbonyl (C=O) groups excluding carboxylic acids is 1. The molecule has 0 fully saturated rings. The number of allylic oxidation sites excluding steroid dienone is 2. The molecule has 8 heteroatoms. The molecule has 4 N–H and O–H groups in total. The maximum atomic E-state index is 13.4. The number of rotatable bonds is 11. The Bertz CT molecular complexity index is 1150. The van der Waals surface area contributed by atoms with Gasteiger partial charge in [0, 0.05) is 48.1 Å². The normalized spacial score (nSPS) is 11.4. The monoisotopic (exact) mass is 450 g/mol. The number of ether oxygens (including phenoxy) is 2. The summed E-state index contributed by atoms with van der Waals surface area (Å²) in [5.74, 6) is 0.0595. The van der Waals surface area contributed by atoms with Gasteiger partial charge in [0.15, 0.2) is 0 Å². The Balaban J connectivity index is 1.84. The minimum Gasteiger partial charge on any atom is -0.490 e. The van der Waals surface area contributed by atoms with E-state index in [1.165, 1.54) is 18.2 Å². The van der Waals surface area contributed by atoms with Gasteiger partial charge in [-0.1, -0.05) is 0 Å². The fourth-order valence-electron chi connectivity index (χ4n) is 3.25. The number of hydrogen-bond acceptors (Lipinski definition) is 6. The zero-order valence-electron chi connectivity index (χ0n) is 18.4. The third-order valence-corrected chi connectivity index (χ3v) is 4.94. The first-order chi connectivity index (χ1) is 16.0. The summed E-state index contributed by atoms with van der Waals surface area (Å²) in [5, 5.41) is 10.6. The molecule has 0 unspecified atom stereocenters. The lowest BCUT2D eigenvalue weighted by Gasteiger charge is -2.13. The third-order valence-electron chi connectivity index (χ3n) is 4.94. The number of halogens is 1. The zero-order chi connectivity index (χ0) is 23.6. The highest BCUT2D eigenvalue weighted by Gasteiger charge is 2.13. The van der Waals surface area contributed by atoms with Crippen molar-refractivity contribution in [2.45, 2.75) is 12.8 Å². The van der Waals surface area contributed by atoms with Gasteiger partial charge in [-0.3, -0.25) is 4.79 Å². The number of methoxy groups -OCH3 is 1. The molecule has 0 atom stereocenters. The number of benzene rings is 2. The Morgan fingerprint density at radius 3 is 2.70 bits per heavy atom. The molecular weight excluding hydrogens is 423 g/mol. The largest absolute Gasteiger partial charge is 0.490 e. The molecule has 1 heterocycles. The topological polar surface area (TPSA) is 110 Å². The molecular formula is C25H27FN4O3. The highest BCUT2D eigenvalue weighted by Crippen LogP contribution is 2.31. The number of fused-ring (bicyclic) bond motifs is 1. The zero-order valence-corrected chi connectivity index (χ0v) is 18.4. The lowest BCUT2D eigenvalue weighted by molar-refractivity contribution is 0.0953. The number of nitrogens with two attached hydrogens (primary N) is 1. The van der Waals surface area contributed by atoms with Crippen LogP contribution in [0, 0.1) is 11.2 Å². The van der Waals surface area contributed by atoms with E-state index in [0.29, 0.717) is 60.8 Å². The number of nitrogens with zero attached hydrogens (tertiary/aromatic N) is 1. The quantitative estimate of drug-likeness (QED) is 0.301. The summed E-state index contributed by atoms with van der Waals surface area (Å²) in [6.07, 6.45) is 3.93. The van der Waals surface area contributed by atoms with Gasteiger partial charge in [0.1, 0.15) is 18.2 Å². The summed E-state index contributed by atoms with van der Waals surface area (Å²) in [4.78, 5) is 17.3. The summed E-state index contributed by atoms with van der Waals surface area (Å²) in [6, 6.07) is 13.1. The number of aromatic nitrogens is 1. The minimum atomic E-state index is -0.329. The van der Waals surface area contributed by atoms with E-state index in [4.69, 9.17) is 20.6 Å². The highest BCUT2D eigenvalue weighted by molar-refractivity contribution is 5.99. The molecule has 0 radical (unpaired) electrons. The Morgan fingerprint density at radius 1 is 1.18 bits per heavy atom. The van der Waals surface area contributed by atoms with Crippen molar-refractivity contribution in [1.82, 2.24) is 10.3 Å². The average Bonchev–Trinajstić information content (AvgIpc) is 2.82. The van der Waals surface area contributed by atoms with E-state index in [-0.39, 0.29) is 11.7 Å². The van der Waals surface area contributed by atoms with Crippen molar-refractivity contribution in [3.63, 3.8) is 0 Å². The summed E-state index contributed by atoms with van der Waals surface area (Å²) >= 11 is 0. The smallest absolute Gasteiger partial charge is 0.251 e. The van der Waals surface area contributed by atoms with Gasteiger partial charge in [-0.2, -0.15) is 0 Å². The van der Waals surface area contributed by atoms with E-state index in [9.17, 15) is 9.18 Å². The van der Waals surface area contributed by atoms with Gasteiger partial charge in [0.05, 0.1) is 17.8 Å². The molecule has 33 heavy (non-hydrogen) atoms. The summed E-state index contributed by atoms with van der Waals surface area (Å²) < 4.78 is 24.3. The SMILES string of the molecule is COCCOc1cc(-c2ccc(F)cc2)nc2cc(C(=O)NCCC/C(N)=C/C=N)ccc12. The van der Waals surface area contributed by atoms with Gasteiger partial charge in [0.2, 0.25) is 0 Å². The van der Waals surface area contributed by atoms with Crippen LogP contribution in [0.4, 0.5) is 4.39 Å². The molecule has 3 rings (SSSR count). The number of pyridine rings is 1. The van der Waals surface area contributed by atoms with Crippen LogP contribution in [0.25, 0.3) is 22.2 Å². The predicted molar refractivity (Wildman–Crippen MR) is 127 cm³/mol. The number of amides is 1. The standard InChI is InChI=1S/C25H27FN4O3/c1-32-13-14-33-24-16-22(17-4-7-19(26)8-5-17)30-23-15-18(6-9-21(23)24)25(31)29-12-2-3-20(28)10-11-27/h4-11,15-16,27H,2-3,12-14,28H2,1H3,(H,29,31)/b20-10-,27-11?. The fourth-order valence-corrected chi connectivity index (χ4v) is 3.25. The summed E-state index contributed by atoms with van der Waals surface area (Å²) in [5.41, 5.74) is 8.76. The first kappa shape index (κ1) is 23.9. The molecule has 3 aromatic rings. The molecule has 1 aromatic heterocycles. The van der Waals surface area contributed by atoms with Crippen molar-refractivity contribution >= 4 is 23.0 Å². The second-order valence-corrected chi connectivity index (χ2v) is 7.35. The third kappa shape index (κ3) is 6.60. The van der Waals surface area contributed by atoms with Crippen LogP contribution in [-0.2, 0) is 4.74 Å². The maximum Gasteiger partial charge on any atom is 0.251 e. The maximum absolute atomic E-state index is 13.4. The molecule has 1 amide bonds. The second-order valence-electron chi connectivity index (χ2n) is 7.35. The van der Waals surface area contributed by atoms with Gasteiger partial charge in [-0.15, -0.1) is 0 Å². The van der Waals surface area contributed by atoms with Gasteiger partial charge >= 0.3 is 0 Å². The van der Waals surface area contributed by atoms with Crippen molar-refractivity contribution in [2.75, 3.05) is 26.9 Å². The number of carbonyl (C=O) groups is 1. The Morgan fingerprint density at radius 2 is 1.97 bits per heavy atom. The molecule has 0 saturated heterocycles. The second kappa shape index (κ2) is 11.7. The van der Waals surface area contributed by atoms with Crippen molar-refractivity contribution in [3.05, 3.63) is 71.7 Å². The van der Waals surface area contributed by atoms with Gasteiger partial charge in [-0.25, -0.2) is 9.37 Å². The van der Waals surface area contributed by atoms with Crippen molar-refractivity contribution in [3.8, 4) is 17.0 Å². The Hall–Kier alpha value is -3.78. The van der Waals surface area contributed by atoms with Gasteiger partial charge < -0.3 is 25.9 Å². The molecule has 7 nitrogen and oxygen atoms in total. The van der Waals surface area contributed by atoms with E-state index < -0.39 is 0 Å². The van der Waals surface area contributed by atoms with E-state index in [1.807, 2.05) is 0 Å². The van der Waals surface area contributed by atoms with Crippen LogP contribution in [0.1, 0.15) is 23.2 Å². The molecule has 0 aliphatic carbocycles. The van der Waals surface area contributed by atoms with Crippen LogP contribution in [0.2, 0.25) is 0 Å². The van der Waals surface area contributed by atoms with E-state index in [1.54, 1.807) is 43.5 Å². The average molecular weight is 451 g/mol. The predicted octanol–water partition coefficient (Wildman–Crippen LogP) is 4.07. The summed E-state index contributed by atoms with van der Waals surface area (Å²) in [7, 11) is 1.60. The Kier molecular flexibility index (Phi) is 8.49. The molecule has 0 spiro atoms. The number of hydrogen-bond donors (Lipinski definition) is 3. The van der Waals surface area contributed by atoms with E-state index in [2.05, 4.69) is 10.3 Å². The minimum absolute atomic E-state index is 0.220. The lowest BCUT2D eigenvalue weighted by atomic mass is 10.1. The van der Waals surface area contributed by atoms with Crippen molar-refractivity contribution in [1.29, 1.82) is 5.41 Å². The first-order valence-corrected chi connectivity index (χ1v) is 10.6. The van der Waals surface area contributed by atoms with Gasteiger partial charge in [-0.05, 0) is 61.4 Å². The molecule has 0 aliphatic heterocycles. The molecule has 0 aliphatic rings. The van der Waals surface area contributed by atoms with Crippen LogP contribution >= 0.6 is 0 Å². The highest BCUT2D eigenvalue weighted by atomic mass is 19.1. The van der Waals surface area contributed by atoms with Crippen LogP contribution in [0.3, 0.4) is 0 Å². The molecule has 0 saturated carbocycles. The van der Waals surface area contributed by atoms with Crippen LogP contribution in [0.5, 0.6) is 5.75 Å². The van der Waals surface area contributed by atoms with Crippen LogP contribution in [-0.4, -0.2) is 44.0 Å². The van der Waals surface area contributed by atoms with Crippen molar-refractivity contribution < 1.29 is 18.7 Å².